The molecule has 0 radical (unpaired) electrons. The van der Waals surface area contributed by atoms with Crippen molar-refractivity contribution in [2.75, 3.05) is 0 Å². The average Bonchev–Trinajstić information content (AvgIpc) is 1.62. The molecule has 0 saturated carbocycles. The van der Waals surface area contributed by atoms with E-state index in [1.807, 2.05) is 156 Å². The maximum absolute atomic E-state index is 16.3. The number of sulfonamides is 2. The van der Waals surface area contributed by atoms with Crippen molar-refractivity contribution < 1.29 is 61.3 Å². The number of alkyl halides is 6. The predicted molar refractivity (Wildman–Crippen MR) is 387 cm³/mol. The Balaban J connectivity index is 1.29. The van der Waals surface area contributed by atoms with Crippen molar-refractivity contribution in [3.8, 4) is 89.8 Å². The highest BCUT2D eigenvalue weighted by Crippen LogP contribution is 2.73. The van der Waals surface area contributed by atoms with Gasteiger partial charge in [-0.1, -0.05) is 172 Å². The molecule has 12 aromatic carbocycles. The van der Waals surface area contributed by atoms with Crippen LogP contribution in [0, 0.1) is 83.1 Å². The van der Waals surface area contributed by atoms with Crippen LogP contribution < -0.4 is 22.6 Å². The second-order valence-corrected chi connectivity index (χ2v) is 33.7. The molecule has 0 amide bonds. The van der Waals surface area contributed by atoms with E-state index in [0.29, 0.717) is 110 Å². The molecule has 2 heterocycles. The van der Waals surface area contributed by atoms with Crippen molar-refractivity contribution in [2.45, 2.75) is 94.1 Å². The monoisotopic (exact) mass is 1410 g/mol. The summed E-state index contributed by atoms with van der Waals surface area (Å²) in [6.45, 7) is 22.0. The Labute approximate surface area is 570 Å². The van der Waals surface area contributed by atoms with Crippen LogP contribution in [0.15, 0.2) is 179 Å². The molecule has 0 aromatic heterocycles. The van der Waals surface area contributed by atoms with Crippen LogP contribution >= 0.6 is 15.3 Å². The van der Waals surface area contributed by atoms with Crippen LogP contribution in [0.1, 0.15) is 66.8 Å². The second-order valence-electron chi connectivity index (χ2n) is 26.0. The molecule has 12 aromatic rings. The van der Waals surface area contributed by atoms with Gasteiger partial charge in [0, 0.05) is 44.5 Å². The van der Waals surface area contributed by atoms with Crippen LogP contribution in [-0.4, -0.2) is 27.9 Å². The quantitative estimate of drug-likeness (QED) is 0.117. The van der Waals surface area contributed by atoms with Crippen molar-refractivity contribution in [1.29, 1.82) is 0 Å². The van der Waals surface area contributed by atoms with E-state index in [9.17, 15) is 0 Å². The van der Waals surface area contributed by atoms with Crippen LogP contribution in [-0.2, 0) is 20.0 Å². The molecule has 0 saturated heterocycles. The Hall–Kier alpha value is -9.22. The number of nitrogens with zero attached hydrogens (tertiary/aromatic N) is 2. The minimum Gasteiger partial charge on any atom is -0.417 e. The Morgan fingerprint density at radius 2 is 0.576 bits per heavy atom. The standard InChI is InChI=1S/C78H65F6N3O8P2S2/c1-41-29-45(5)65(46(6)30-41)61-37-53-21-13-17-25-57(53)69-70-58-26-18-14-22-54(58)38-62(66-47(7)31-42(2)32-48(66)8)74(70)93-96(92-73(61)69,86-98(88,89)77(79,80)81)85-97(87-99(90,91)78(82,83)84)94-75-63(67-49(9)33-43(3)34-50(67)10)39-55-23-15-19-27-59(55)71(75)72-60-28-20-16-24-56(60)40-64(76(72)95-97)68-51(11)35-44(4)36-52(68)12/h13-40,86H,1-12H3. The number of hydrogen-bond donors (Lipinski definition) is 1. The minimum atomic E-state index is -7.09. The van der Waals surface area contributed by atoms with E-state index in [0.717, 1.165) is 22.3 Å². The smallest absolute Gasteiger partial charge is 0.417 e. The van der Waals surface area contributed by atoms with Gasteiger partial charge in [-0.3, -0.25) is 0 Å². The topological polar surface area (TPSA) is 142 Å². The van der Waals surface area contributed by atoms with Crippen molar-refractivity contribution in [2.24, 2.45) is 8.67 Å². The lowest BCUT2D eigenvalue weighted by Gasteiger charge is -2.30. The molecular formula is C78H65F6N3O8P2S2. The first-order valence-electron chi connectivity index (χ1n) is 31.7. The molecule has 14 rings (SSSR count). The number of halogens is 6. The highest BCUT2D eigenvalue weighted by atomic mass is 32.2. The van der Waals surface area contributed by atoms with Crippen molar-refractivity contribution in [1.82, 2.24) is 4.49 Å². The molecule has 0 fully saturated rings. The predicted octanol–water partition coefficient (Wildman–Crippen LogP) is 23.4. The molecule has 0 aliphatic carbocycles. The van der Waals surface area contributed by atoms with Crippen molar-refractivity contribution in [3.05, 3.63) is 237 Å². The highest BCUT2D eigenvalue weighted by Gasteiger charge is 2.56. The minimum absolute atomic E-state index is 0.134. The van der Waals surface area contributed by atoms with Gasteiger partial charge >= 0.3 is 46.4 Å². The van der Waals surface area contributed by atoms with Crippen molar-refractivity contribution in [3.63, 3.8) is 0 Å². The zero-order chi connectivity index (χ0) is 70.5. The maximum atomic E-state index is 16.3. The van der Waals surface area contributed by atoms with Crippen LogP contribution in [0.25, 0.3) is 110 Å². The van der Waals surface area contributed by atoms with Gasteiger partial charge in [0.2, 0.25) is 0 Å². The van der Waals surface area contributed by atoms with Gasteiger partial charge in [-0.25, -0.2) is 8.42 Å². The first-order chi connectivity index (χ1) is 46.7. The SMILES string of the molecule is Cc1cc(C)c(-c2cc3ccccc3c3c2OP(=NS(=O)(=O)C(F)(F)F)(N=P2(NS(=O)(=O)C(F)(F)F)Oc4c(-c5c(C)cc(C)cc5C)cc5ccccc5c4-c4c(c(-c5c(C)cc(C)cc5C)cc5ccccc45)O2)Oc2c(-c4c(C)cc(C)cc4C)cc4ccccc4c2-3)c(C)c1. The summed E-state index contributed by atoms with van der Waals surface area (Å²) in [6.07, 6.45) is 0. The van der Waals surface area contributed by atoms with Crippen LogP contribution in [0.4, 0.5) is 26.3 Å². The van der Waals surface area contributed by atoms with E-state index < -0.39 is 46.4 Å². The molecule has 2 aliphatic rings. The van der Waals surface area contributed by atoms with Crippen LogP contribution in [0.2, 0.25) is 0 Å². The third-order valence-corrected chi connectivity index (χ3v) is 26.7. The molecule has 1 N–H and O–H groups in total. The van der Waals surface area contributed by atoms with E-state index in [1.54, 1.807) is 102 Å². The van der Waals surface area contributed by atoms with E-state index >= 15 is 43.2 Å². The summed E-state index contributed by atoms with van der Waals surface area (Å²) >= 11 is 0. The molecule has 0 atom stereocenters. The third kappa shape index (κ3) is 11.3. The van der Waals surface area contributed by atoms with Crippen molar-refractivity contribution >= 4 is 78.5 Å². The average molecular weight is 1410 g/mol. The highest BCUT2D eigenvalue weighted by molar-refractivity contribution is 7.97. The Morgan fingerprint density at radius 3 is 0.818 bits per heavy atom. The molecule has 0 bridgehead atoms. The number of fused-ring (bicyclic) bond motifs is 14. The van der Waals surface area contributed by atoms with Gasteiger partial charge < -0.3 is 18.1 Å². The first-order valence-corrected chi connectivity index (χ1v) is 37.7. The maximum Gasteiger partial charge on any atom is 0.518 e. The fourth-order valence-electron chi connectivity index (χ4n) is 15.1. The molecule has 504 valence electrons. The molecule has 0 unspecified atom stereocenters. The molecular weight excluding hydrogens is 1350 g/mol. The zero-order valence-corrected chi connectivity index (χ0v) is 59.2. The number of nitrogens with one attached hydrogen (secondary N) is 1. The van der Waals surface area contributed by atoms with Gasteiger partial charge in [0.05, 0.1) is 0 Å². The lowest BCUT2D eigenvalue weighted by atomic mass is 9.84. The Kier molecular flexibility index (Phi) is 16.1. The lowest BCUT2D eigenvalue weighted by Crippen LogP contribution is -2.37. The lowest BCUT2D eigenvalue weighted by molar-refractivity contribution is -0.0445. The van der Waals surface area contributed by atoms with Crippen LogP contribution in [0.5, 0.6) is 23.0 Å². The fraction of sp³-hybridized carbons (Fsp3) is 0.179. The van der Waals surface area contributed by atoms with E-state index in [1.165, 1.54) is 0 Å². The molecule has 99 heavy (non-hydrogen) atoms. The second kappa shape index (κ2) is 23.7. The van der Waals surface area contributed by atoms with Gasteiger partial charge in [0.25, 0.3) is 0 Å². The third-order valence-electron chi connectivity index (χ3n) is 18.4. The van der Waals surface area contributed by atoms with Gasteiger partial charge in [-0.2, -0.15) is 34.8 Å². The summed E-state index contributed by atoms with van der Waals surface area (Å²) in [5.41, 5.74) is -1.28. The Bertz CT molecular complexity index is 5530. The number of rotatable bonds is 8. The van der Waals surface area contributed by atoms with E-state index in [-0.39, 0.29) is 67.5 Å². The largest absolute Gasteiger partial charge is 0.518 e. The number of hydrogen-bond acceptors (Lipinski definition) is 8. The zero-order valence-electron chi connectivity index (χ0n) is 55.8. The van der Waals surface area contributed by atoms with Crippen LogP contribution in [0.3, 0.4) is 0 Å². The fourth-order valence-corrected chi connectivity index (χ4v) is 23.2. The number of benzene rings is 12. The normalized spacial score (nSPS) is 14.2. The van der Waals surface area contributed by atoms with E-state index in [4.69, 9.17) is 22.6 Å². The summed E-state index contributed by atoms with van der Waals surface area (Å²) in [5, 5.41) is 3.87. The van der Waals surface area contributed by atoms with Gasteiger partial charge in [0.1, 0.15) is 23.0 Å². The van der Waals surface area contributed by atoms with Gasteiger partial charge in [-0.05, 0) is 217 Å². The van der Waals surface area contributed by atoms with E-state index in [2.05, 4.69) is 4.15 Å². The summed E-state index contributed by atoms with van der Waals surface area (Å²) in [6, 6.07) is 50.2. The molecule has 0 spiro atoms. The Morgan fingerprint density at radius 1 is 0.333 bits per heavy atom. The summed E-state index contributed by atoms with van der Waals surface area (Å²) < 4.78 is 198. The number of aryl methyl sites for hydroxylation is 12. The van der Waals surface area contributed by atoms with Gasteiger partial charge in [-0.15, -0.1) is 9.01 Å². The summed E-state index contributed by atoms with van der Waals surface area (Å²) in [4.78, 5) is 0. The van der Waals surface area contributed by atoms with Gasteiger partial charge in [0.15, 0.2) is 0 Å². The first kappa shape index (κ1) is 67.0. The summed E-state index contributed by atoms with van der Waals surface area (Å²) in [5.74, 6) is -1.45. The summed E-state index contributed by atoms with van der Waals surface area (Å²) in [7, 11) is -26.9. The molecule has 2 aliphatic heterocycles. The molecule has 11 nitrogen and oxygen atoms in total. The molecule has 21 heteroatoms.